The third-order valence-corrected chi connectivity index (χ3v) is 8.09. The molecule has 3 rings (SSSR count). The summed E-state index contributed by atoms with van der Waals surface area (Å²) in [6, 6.07) is 6.16. The monoisotopic (exact) mass is 518 g/mol. The van der Waals surface area contributed by atoms with Crippen LogP contribution in [0.1, 0.15) is 38.4 Å². The van der Waals surface area contributed by atoms with E-state index >= 15 is 0 Å². The van der Waals surface area contributed by atoms with Gasteiger partial charge in [-0.25, -0.2) is 9.78 Å². The van der Waals surface area contributed by atoms with Gasteiger partial charge in [0.05, 0.1) is 7.11 Å². The summed E-state index contributed by atoms with van der Waals surface area (Å²) in [6.45, 7) is 4.88. The third kappa shape index (κ3) is 6.11. The molecular weight excluding hydrogens is 491 g/mol. The molecule has 0 spiro atoms. The van der Waals surface area contributed by atoms with Crippen LogP contribution in [0.3, 0.4) is 0 Å². The van der Waals surface area contributed by atoms with E-state index in [1.807, 2.05) is 19.1 Å². The van der Waals surface area contributed by atoms with Crippen molar-refractivity contribution in [3.63, 3.8) is 0 Å². The van der Waals surface area contributed by atoms with Crippen molar-refractivity contribution >= 4 is 59.6 Å². The summed E-state index contributed by atoms with van der Waals surface area (Å²) < 4.78 is 0.190. The van der Waals surface area contributed by atoms with E-state index in [0.717, 1.165) is 57.2 Å². The van der Waals surface area contributed by atoms with Crippen LogP contribution in [0.2, 0.25) is 0 Å². The fraction of sp³-hybridized carbons (Fsp3) is 0.400. The summed E-state index contributed by atoms with van der Waals surface area (Å²) >= 11 is 7.86. The number of hydrogen-bond donors (Lipinski definition) is 3. The Kier molecular flexibility index (Phi) is 8.76. The second-order valence-corrected chi connectivity index (χ2v) is 11.9. The van der Waals surface area contributed by atoms with Crippen molar-refractivity contribution in [2.75, 3.05) is 24.8 Å². The predicted octanol–water partition coefficient (Wildman–Crippen LogP) is 4.05. The molecule has 0 aromatic heterocycles. The average molecular weight is 519 g/mol. The summed E-state index contributed by atoms with van der Waals surface area (Å²) in [7, 11) is -2.96. The zero-order chi connectivity index (χ0) is 23.5. The second kappa shape index (κ2) is 10.9. The summed E-state index contributed by atoms with van der Waals surface area (Å²) in [5.41, 5.74) is 2.08. The molecule has 1 aromatic carbocycles. The Morgan fingerprint density at radius 1 is 1.22 bits per heavy atom. The van der Waals surface area contributed by atoms with E-state index in [4.69, 9.17) is 22.0 Å². The van der Waals surface area contributed by atoms with Crippen molar-refractivity contribution < 1.29 is 29.2 Å². The molecule has 8 nitrogen and oxygen atoms in total. The molecule has 3 N–H and O–H groups in total. The molecule has 12 heteroatoms. The SMILES string of the molecule is CCCCN1/C(=C/C=C2/SC(=S)N(C[PH](O)(O)O)C2=O)Sc2ccc(C(C)OOC)cc21. The Labute approximate surface area is 201 Å². The van der Waals surface area contributed by atoms with Crippen molar-refractivity contribution in [2.24, 2.45) is 0 Å². The first kappa shape index (κ1) is 25.6. The topological polar surface area (TPSA) is 103 Å². The first-order chi connectivity index (χ1) is 15.1. The van der Waals surface area contributed by atoms with Crippen molar-refractivity contribution in [2.45, 2.75) is 37.7 Å². The van der Waals surface area contributed by atoms with Crippen LogP contribution in [-0.2, 0) is 14.6 Å². The van der Waals surface area contributed by atoms with Crippen molar-refractivity contribution in [1.29, 1.82) is 0 Å². The molecule has 0 saturated carbocycles. The summed E-state index contributed by atoms with van der Waals surface area (Å²) in [4.78, 5) is 55.4. The van der Waals surface area contributed by atoms with Gasteiger partial charge in [0.1, 0.15) is 0 Å². The fourth-order valence-corrected chi connectivity index (χ4v) is 6.47. The van der Waals surface area contributed by atoms with Crippen LogP contribution in [0.4, 0.5) is 5.69 Å². The standard InChI is InChI=1S/C20H27N2O6PS3/c1-4-5-10-21-15-11-14(13(2)28-27-3)6-7-16(15)31-18(21)9-8-17-19(23)22(20(30)32-17)12-29(24,25)26/h6-9,11,13,24-26,29H,4-5,10,12H2,1-3H3/b17-8+,18-9-. The summed E-state index contributed by atoms with van der Waals surface area (Å²) in [5.74, 6) is -0.445. The summed E-state index contributed by atoms with van der Waals surface area (Å²) in [6.07, 6.45) is 4.84. The molecule has 1 saturated heterocycles. The van der Waals surface area contributed by atoms with Gasteiger partial charge in [0.25, 0.3) is 0 Å². The Bertz CT molecular complexity index is 950. The van der Waals surface area contributed by atoms with Gasteiger partial charge in [0, 0.05) is 0 Å². The number of hydrogen-bond acceptors (Lipinski definition) is 10. The number of anilines is 1. The Hall–Kier alpha value is -1.01. The van der Waals surface area contributed by atoms with Gasteiger partial charge >= 0.3 is 178 Å². The quantitative estimate of drug-likeness (QED) is 0.146. The van der Waals surface area contributed by atoms with E-state index in [9.17, 15) is 19.5 Å². The van der Waals surface area contributed by atoms with E-state index < -0.39 is 20.1 Å². The van der Waals surface area contributed by atoms with Crippen molar-refractivity contribution in [1.82, 2.24) is 4.90 Å². The maximum absolute atomic E-state index is 12.6. The van der Waals surface area contributed by atoms with Crippen LogP contribution < -0.4 is 4.90 Å². The summed E-state index contributed by atoms with van der Waals surface area (Å²) in [5, 5.41) is 0.978. The normalized spacial score (nSPS) is 20.6. The number of benzene rings is 1. The van der Waals surface area contributed by atoms with Gasteiger partial charge in [0.15, 0.2) is 0 Å². The number of unbranched alkanes of at least 4 members (excludes halogenated alkanes) is 1. The molecule has 1 aromatic rings. The molecule has 2 aliphatic rings. The average Bonchev–Trinajstić information content (AvgIpc) is 3.20. The van der Waals surface area contributed by atoms with Crippen LogP contribution in [0.25, 0.3) is 0 Å². The molecule has 176 valence electrons. The van der Waals surface area contributed by atoms with Gasteiger partial charge in [-0.1, -0.05) is 0 Å². The molecular formula is C20H27N2O6PS3. The minimum atomic E-state index is -4.44. The number of nitrogens with zero attached hydrogens (tertiary/aromatic N) is 2. The van der Waals surface area contributed by atoms with Gasteiger partial charge in [-0.05, 0) is 6.92 Å². The molecule has 0 radical (unpaired) electrons. The van der Waals surface area contributed by atoms with E-state index in [1.54, 1.807) is 17.8 Å². The number of allylic oxidation sites excluding steroid dienone is 2. The van der Waals surface area contributed by atoms with Gasteiger partial charge in [0.2, 0.25) is 0 Å². The molecule has 2 aliphatic heterocycles. The van der Waals surface area contributed by atoms with Crippen LogP contribution >= 0.6 is 43.7 Å². The number of thiocarbonyl (C=S) groups is 1. The number of carbonyl (C=O) groups is 1. The van der Waals surface area contributed by atoms with E-state index in [2.05, 4.69) is 24.0 Å². The first-order valence-corrected chi connectivity index (χ1v) is 14.1. The molecule has 1 unspecified atom stereocenters. The number of carbonyl (C=O) groups excluding carboxylic acids is 1. The van der Waals surface area contributed by atoms with E-state index in [1.165, 1.54) is 7.11 Å². The zero-order valence-corrected chi connectivity index (χ0v) is 21.4. The van der Waals surface area contributed by atoms with Gasteiger partial charge in [-0.15, -0.1) is 0 Å². The number of fused-ring (bicyclic) bond motifs is 1. The van der Waals surface area contributed by atoms with Crippen molar-refractivity contribution in [3.05, 3.63) is 45.8 Å². The van der Waals surface area contributed by atoms with Crippen molar-refractivity contribution in [3.8, 4) is 0 Å². The minimum absolute atomic E-state index is 0.190. The predicted molar refractivity (Wildman–Crippen MR) is 134 cm³/mol. The molecule has 2 heterocycles. The van der Waals surface area contributed by atoms with Gasteiger partial charge in [-0.2, -0.15) is 0 Å². The van der Waals surface area contributed by atoms with E-state index in [-0.39, 0.29) is 10.4 Å². The molecule has 0 bridgehead atoms. The first-order valence-electron chi connectivity index (χ1n) is 10.1. The number of amides is 1. The number of thioether (sulfide) groups is 2. The third-order valence-electron chi connectivity index (χ3n) is 4.82. The van der Waals surface area contributed by atoms with Crippen LogP contribution in [0.5, 0.6) is 0 Å². The Morgan fingerprint density at radius 2 is 1.97 bits per heavy atom. The molecule has 1 fully saturated rings. The molecule has 1 atom stereocenters. The van der Waals surface area contributed by atoms with Gasteiger partial charge < -0.3 is 0 Å². The Morgan fingerprint density at radius 3 is 2.62 bits per heavy atom. The van der Waals surface area contributed by atoms with E-state index in [0.29, 0.717) is 4.91 Å². The van der Waals surface area contributed by atoms with Crippen LogP contribution in [0, 0.1) is 0 Å². The zero-order valence-electron chi connectivity index (χ0n) is 18.0. The second-order valence-electron chi connectivity index (χ2n) is 7.31. The maximum atomic E-state index is 12.6. The van der Waals surface area contributed by atoms with Crippen LogP contribution in [0.15, 0.2) is 45.2 Å². The number of rotatable bonds is 9. The molecule has 32 heavy (non-hydrogen) atoms. The Balaban J connectivity index is 1.86. The fourth-order valence-electron chi connectivity index (χ4n) is 3.25. The van der Waals surface area contributed by atoms with Gasteiger partial charge in [-0.3, -0.25) is 0 Å². The van der Waals surface area contributed by atoms with Crippen LogP contribution in [-0.4, -0.2) is 49.7 Å². The molecule has 1 amide bonds. The molecule has 0 aliphatic carbocycles.